The average molecular weight is 335 g/mol. The molecule has 1 saturated heterocycles. The second kappa shape index (κ2) is 6.51. The predicted octanol–water partition coefficient (Wildman–Crippen LogP) is 1.81. The van der Waals surface area contributed by atoms with Crippen LogP contribution in [0.25, 0.3) is 10.9 Å². The van der Waals surface area contributed by atoms with E-state index >= 15 is 0 Å². The molecule has 0 unspecified atom stereocenters. The molecule has 128 valence electrons. The fourth-order valence-electron chi connectivity index (χ4n) is 3.09. The minimum Gasteiger partial charge on any atom is -0.362 e. The molecule has 3 aromatic rings. The summed E-state index contributed by atoms with van der Waals surface area (Å²) in [6.45, 7) is 3.42. The molecule has 3 heterocycles. The van der Waals surface area contributed by atoms with E-state index in [1.807, 2.05) is 43.3 Å². The highest BCUT2D eigenvalue weighted by molar-refractivity contribution is 5.90. The van der Waals surface area contributed by atoms with Crippen LogP contribution >= 0.6 is 0 Å². The quantitative estimate of drug-likeness (QED) is 0.723. The van der Waals surface area contributed by atoms with Gasteiger partial charge in [0.25, 0.3) is 0 Å². The van der Waals surface area contributed by atoms with Crippen molar-refractivity contribution in [2.24, 2.45) is 0 Å². The highest BCUT2D eigenvalue weighted by Crippen LogP contribution is 2.25. The topological polar surface area (TPSA) is 61.3 Å². The minimum absolute atomic E-state index is 0.788. The van der Waals surface area contributed by atoms with E-state index in [0.717, 1.165) is 54.8 Å². The first-order chi connectivity index (χ1) is 12.2. The van der Waals surface area contributed by atoms with E-state index in [9.17, 15) is 0 Å². The summed E-state index contributed by atoms with van der Waals surface area (Å²) < 4.78 is 0. The number of piperazine rings is 1. The molecule has 1 aliphatic heterocycles. The van der Waals surface area contributed by atoms with E-state index in [1.165, 1.54) is 0 Å². The number of anilines is 3. The van der Waals surface area contributed by atoms with Gasteiger partial charge in [0.05, 0.1) is 5.52 Å². The van der Waals surface area contributed by atoms with Gasteiger partial charge in [-0.3, -0.25) is 0 Å². The van der Waals surface area contributed by atoms with Crippen LogP contribution in [0.5, 0.6) is 0 Å². The first-order valence-corrected chi connectivity index (χ1v) is 8.43. The monoisotopic (exact) mass is 335 g/mol. The second-order valence-electron chi connectivity index (χ2n) is 6.28. The molecule has 0 amide bonds. The van der Waals surface area contributed by atoms with Crippen molar-refractivity contribution in [3.63, 3.8) is 0 Å². The number of hydrogen-bond acceptors (Lipinski definition) is 7. The number of rotatable bonds is 3. The maximum absolute atomic E-state index is 4.81. The molecule has 0 saturated carbocycles. The highest BCUT2D eigenvalue weighted by Gasteiger charge is 2.22. The molecule has 7 heteroatoms. The fourth-order valence-corrected chi connectivity index (χ4v) is 3.09. The number of para-hydroxylation sites is 1. The summed E-state index contributed by atoms with van der Waals surface area (Å²) in [6, 6.07) is 9.99. The number of fused-ring (bicyclic) bond motifs is 1. The van der Waals surface area contributed by atoms with Gasteiger partial charge in [-0.05, 0) is 18.2 Å². The van der Waals surface area contributed by atoms with Gasteiger partial charge in [-0.15, -0.1) is 0 Å². The average Bonchev–Trinajstić information content (AvgIpc) is 2.68. The van der Waals surface area contributed by atoms with Crippen LogP contribution in [0.15, 0.2) is 42.7 Å². The fraction of sp³-hybridized carbons (Fsp3) is 0.333. The van der Waals surface area contributed by atoms with Crippen molar-refractivity contribution in [3.8, 4) is 0 Å². The summed E-state index contributed by atoms with van der Waals surface area (Å²) in [5, 5.41) is 1.08. The molecular formula is C18H21N7. The second-order valence-corrected chi connectivity index (χ2v) is 6.28. The largest absolute Gasteiger partial charge is 0.362 e. The van der Waals surface area contributed by atoms with Gasteiger partial charge in [0, 0.05) is 58.1 Å². The molecule has 25 heavy (non-hydrogen) atoms. The van der Waals surface area contributed by atoms with E-state index in [0.29, 0.717) is 0 Å². The van der Waals surface area contributed by atoms with Crippen molar-refractivity contribution in [1.82, 2.24) is 19.9 Å². The zero-order chi connectivity index (χ0) is 17.2. The molecule has 0 atom stereocenters. The van der Waals surface area contributed by atoms with Gasteiger partial charge in [0.1, 0.15) is 5.82 Å². The van der Waals surface area contributed by atoms with Crippen LogP contribution in [0, 0.1) is 0 Å². The zero-order valence-electron chi connectivity index (χ0n) is 14.5. The van der Waals surface area contributed by atoms with Crippen LogP contribution in [-0.2, 0) is 0 Å². The maximum atomic E-state index is 4.81. The Labute approximate surface area is 147 Å². The van der Waals surface area contributed by atoms with Crippen LogP contribution in [0.2, 0.25) is 0 Å². The molecule has 1 aromatic carbocycles. The normalized spacial score (nSPS) is 14.8. The Morgan fingerprint density at radius 2 is 1.44 bits per heavy atom. The summed E-state index contributed by atoms with van der Waals surface area (Å²) in [4.78, 5) is 24.7. The molecule has 0 aliphatic carbocycles. The Morgan fingerprint density at radius 3 is 2.12 bits per heavy atom. The van der Waals surface area contributed by atoms with Crippen LogP contribution in [0.1, 0.15) is 0 Å². The lowest BCUT2D eigenvalue weighted by atomic mass is 10.2. The molecular weight excluding hydrogens is 314 g/mol. The summed E-state index contributed by atoms with van der Waals surface area (Å²) in [7, 11) is 4.03. The zero-order valence-corrected chi connectivity index (χ0v) is 14.5. The first kappa shape index (κ1) is 15.6. The molecule has 1 aliphatic rings. The van der Waals surface area contributed by atoms with Crippen molar-refractivity contribution in [1.29, 1.82) is 0 Å². The molecule has 0 radical (unpaired) electrons. The van der Waals surface area contributed by atoms with E-state index < -0.39 is 0 Å². The summed E-state index contributed by atoms with van der Waals surface area (Å²) in [5.41, 5.74) is 0.977. The number of hydrogen-bond donors (Lipinski definition) is 0. The summed E-state index contributed by atoms with van der Waals surface area (Å²) in [5.74, 6) is 2.53. The minimum atomic E-state index is 0.788. The van der Waals surface area contributed by atoms with Gasteiger partial charge in [0.15, 0.2) is 0 Å². The Hall–Kier alpha value is -2.96. The van der Waals surface area contributed by atoms with E-state index in [1.54, 1.807) is 12.4 Å². The van der Waals surface area contributed by atoms with Crippen molar-refractivity contribution < 1.29 is 0 Å². The van der Waals surface area contributed by atoms with Gasteiger partial charge >= 0.3 is 0 Å². The van der Waals surface area contributed by atoms with Crippen LogP contribution in [-0.4, -0.2) is 60.2 Å². The van der Waals surface area contributed by atoms with Crippen LogP contribution in [0.4, 0.5) is 17.7 Å². The third-order valence-corrected chi connectivity index (χ3v) is 4.39. The molecule has 0 spiro atoms. The number of nitrogens with zero attached hydrogens (tertiary/aromatic N) is 7. The third kappa shape index (κ3) is 3.05. The van der Waals surface area contributed by atoms with Crippen molar-refractivity contribution in [3.05, 3.63) is 42.7 Å². The lowest BCUT2D eigenvalue weighted by Crippen LogP contribution is -2.47. The van der Waals surface area contributed by atoms with Crippen LogP contribution in [0.3, 0.4) is 0 Å². The first-order valence-electron chi connectivity index (χ1n) is 8.43. The molecule has 0 bridgehead atoms. The van der Waals surface area contributed by atoms with Crippen molar-refractivity contribution >= 4 is 28.6 Å². The summed E-state index contributed by atoms with van der Waals surface area (Å²) in [6.07, 6.45) is 3.56. The number of benzene rings is 1. The maximum Gasteiger partial charge on any atom is 0.228 e. The highest BCUT2D eigenvalue weighted by atomic mass is 15.4. The Kier molecular flexibility index (Phi) is 4.05. The van der Waals surface area contributed by atoms with Crippen LogP contribution < -0.4 is 14.7 Å². The lowest BCUT2D eigenvalue weighted by Gasteiger charge is -2.35. The third-order valence-electron chi connectivity index (χ3n) is 4.39. The standard InChI is InChI=1S/C18H21N7/c1-23(2)16-14-6-3-4-7-15(14)21-18(22-16)25-12-10-24(11-13-25)17-19-8-5-9-20-17/h3-9H,10-13H2,1-2H3. The SMILES string of the molecule is CN(C)c1nc(N2CCN(c3ncccn3)CC2)nc2ccccc12. The Balaban J connectivity index is 1.59. The van der Waals surface area contributed by atoms with Crippen molar-refractivity contribution in [2.45, 2.75) is 0 Å². The predicted molar refractivity (Wildman–Crippen MR) is 100 cm³/mol. The van der Waals surface area contributed by atoms with Crippen molar-refractivity contribution in [2.75, 3.05) is 55.0 Å². The van der Waals surface area contributed by atoms with Gasteiger partial charge in [-0.2, -0.15) is 4.98 Å². The molecule has 4 rings (SSSR count). The summed E-state index contributed by atoms with van der Waals surface area (Å²) >= 11 is 0. The van der Waals surface area contributed by atoms with E-state index in [4.69, 9.17) is 9.97 Å². The van der Waals surface area contributed by atoms with Gasteiger partial charge < -0.3 is 14.7 Å². The molecule has 0 N–H and O–H groups in total. The van der Waals surface area contributed by atoms with Gasteiger partial charge in [-0.1, -0.05) is 12.1 Å². The smallest absolute Gasteiger partial charge is 0.228 e. The number of aromatic nitrogens is 4. The molecule has 1 fully saturated rings. The van der Waals surface area contributed by atoms with E-state index in [-0.39, 0.29) is 0 Å². The molecule has 7 nitrogen and oxygen atoms in total. The molecule has 2 aromatic heterocycles. The Morgan fingerprint density at radius 1 is 0.800 bits per heavy atom. The Bertz CT molecular complexity index is 858. The van der Waals surface area contributed by atoms with E-state index in [2.05, 4.69) is 25.8 Å². The lowest BCUT2D eigenvalue weighted by molar-refractivity contribution is 0.629. The van der Waals surface area contributed by atoms with Gasteiger partial charge in [0.2, 0.25) is 11.9 Å². The van der Waals surface area contributed by atoms with Gasteiger partial charge in [-0.25, -0.2) is 15.0 Å².